The Morgan fingerprint density at radius 2 is 0.926 bits per heavy atom. The van der Waals surface area contributed by atoms with Crippen molar-refractivity contribution in [1.82, 2.24) is 50.3 Å². The monoisotopic (exact) mass is 1140 g/mol. The third kappa shape index (κ3) is 13.1. The van der Waals surface area contributed by atoms with E-state index in [9.17, 15) is 24.0 Å². The van der Waals surface area contributed by atoms with Crippen molar-refractivity contribution in [3.8, 4) is 0 Å². The van der Waals surface area contributed by atoms with Gasteiger partial charge in [0.15, 0.2) is 0 Å². The Morgan fingerprint density at radius 3 is 1.37 bits per heavy atom. The number of nitrogens with zero attached hydrogens (tertiary/aromatic N) is 4. The van der Waals surface area contributed by atoms with Crippen molar-refractivity contribution in [2.45, 2.75) is 123 Å². The van der Waals surface area contributed by atoms with Gasteiger partial charge < -0.3 is 41.7 Å². The number of hydrogen-bond acceptors (Lipinski definition) is 12. The average Bonchev–Trinajstić information content (AvgIpc) is 4.33. The van der Waals surface area contributed by atoms with Crippen LogP contribution in [0.25, 0.3) is 0 Å². The van der Waals surface area contributed by atoms with Gasteiger partial charge in [0.05, 0.1) is 34.0 Å². The van der Waals surface area contributed by atoms with E-state index in [0.717, 1.165) is 36.9 Å². The fourth-order valence-electron chi connectivity index (χ4n) is 11.7. The molecule has 5 amide bonds. The second-order valence-electron chi connectivity index (χ2n) is 21.5. The molecule has 430 valence electrons. The van der Waals surface area contributed by atoms with Crippen LogP contribution in [0.15, 0.2) is 155 Å². The summed E-state index contributed by atoms with van der Waals surface area (Å²) in [5, 5.41) is 18.3. The number of nitrogens with one attached hydrogen (secondary N) is 6. The second-order valence-corrected chi connectivity index (χ2v) is 25.3. The van der Waals surface area contributed by atoms with E-state index >= 15 is 16.8 Å². The molecule has 0 aliphatic carbocycles. The number of likely N-dealkylation sites (N-methyl/N-ethyl adjacent to an activating group) is 2. The Bertz CT molecular complexity index is 3160. The molecular weight excluding hydrogens is 1070 g/mol. The number of amides is 5. The zero-order valence-electron chi connectivity index (χ0n) is 46.2. The number of sulfonamides is 2. The van der Waals surface area contributed by atoms with Gasteiger partial charge in [-0.05, 0) is 107 Å². The summed E-state index contributed by atoms with van der Waals surface area (Å²) in [6, 6.07) is 37.0. The van der Waals surface area contributed by atoms with Crippen LogP contribution in [0.5, 0.6) is 0 Å². The van der Waals surface area contributed by atoms with Gasteiger partial charge >= 0.3 is 0 Å². The third-order valence-electron chi connectivity index (χ3n) is 16.5. The highest BCUT2D eigenvalue weighted by molar-refractivity contribution is 7.90. The first-order valence-electron chi connectivity index (χ1n) is 27.9. The van der Waals surface area contributed by atoms with Gasteiger partial charge in [-0.3, -0.25) is 24.0 Å². The molecule has 6 N–H and O–H groups in total. The smallest absolute Gasteiger partial charge is 0.247 e. The molecule has 4 aliphatic heterocycles. The maximum atomic E-state index is 15.0. The second kappa shape index (κ2) is 25.9. The molecule has 0 saturated carbocycles. The number of hydrogen-bond donors (Lipinski definition) is 6. The van der Waals surface area contributed by atoms with Gasteiger partial charge in [-0.2, -0.15) is 8.61 Å². The van der Waals surface area contributed by atoms with Crippen LogP contribution in [0.3, 0.4) is 0 Å². The molecule has 5 aromatic rings. The molecule has 81 heavy (non-hydrogen) atoms. The molecule has 4 heterocycles. The molecule has 5 aromatic carbocycles. The van der Waals surface area contributed by atoms with Crippen LogP contribution >= 0.6 is 0 Å². The van der Waals surface area contributed by atoms with Crippen LogP contribution in [-0.4, -0.2) is 160 Å². The molecule has 8 atom stereocenters. The summed E-state index contributed by atoms with van der Waals surface area (Å²) in [4.78, 5) is 74.2. The first-order valence-corrected chi connectivity index (χ1v) is 30.8. The van der Waals surface area contributed by atoms with Gasteiger partial charge in [-0.15, -0.1) is 0 Å². The third-order valence-corrected chi connectivity index (χ3v) is 20.2. The Morgan fingerprint density at radius 1 is 0.519 bits per heavy atom. The van der Waals surface area contributed by atoms with Gasteiger partial charge in [0.25, 0.3) is 0 Å². The molecule has 4 fully saturated rings. The van der Waals surface area contributed by atoms with E-state index in [2.05, 4.69) is 56.2 Å². The maximum absolute atomic E-state index is 15.0. The summed E-state index contributed by atoms with van der Waals surface area (Å²) in [6.45, 7) is 2.58. The summed E-state index contributed by atoms with van der Waals surface area (Å²) in [5.74, 6) is -2.49. The standard InChI is InChI=1S/C60H74N10O9S2/c1-40(61-3)56(71)64-51-38-67(34-32-46-28-29-48(69(46)59(51)74)37-63-54(42-18-9-5-10-19-42)43-20-11-6-12-21-43)80(76,77)49-26-17-27-50(36-49)81(78,79)68-35-33-47-30-31-53(70(47)60(75)52(39-68)65-57(72)41(2)62-4)58(73)66-55(44-22-13-7-14-23-44)45-24-15-8-16-25-45/h5-27,36,40-41,46-48,51-55,61-63H,28-35,37-39H2,1-4H3,(H,64,71)(H,65,72)(H,66,73)/t40-,41-,46+,47+,48?,51-,52-,53-/m0/s1. The fourth-order valence-corrected chi connectivity index (χ4v) is 14.8. The van der Waals surface area contributed by atoms with Crippen LogP contribution < -0.4 is 31.9 Å². The summed E-state index contributed by atoms with van der Waals surface area (Å²) >= 11 is 0. The highest BCUT2D eigenvalue weighted by atomic mass is 32.2. The molecule has 0 spiro atoms. The fraction of sp³-hybridized carbons (Fsp3) is 0.417. The number of rotatable bonds is 19. The van der Waals surface area contributed by atoms with Crippen LogP contribution in [0.2, 0.25) is 0 Å². The lowest BCUT2D eigenvalue weighted by Crippen LogP contribution is -2.62. The van der Waals surface area contributed by atoms with Gasteiger partial charge in [0, 0.05) is 50.8 Å². The number of benzene rings is 5. The van der Waals surface area contributed by atoms with E-state index in [0.29, 0.717) is 32.2 Å². The number of carbonyl (C=O) groups excluding carboxylic acids is 5. The largest absolute Gasteiger partial charge is 0.343 e. The molecule has 1 unspecified atom stereocenters. The van der Waals surface area contributed by atoms with Crippen molar-refractivity contribution in [2.75, 3.05) is 46.8 Å². The predicted octanol–water partition coefficient (Wildman–Crippen LogP) is 3.67. The Kier molecular flexibility index (Phi) is 18.8. The van der Waals surface area contributed by atoms with Crippen LogP contribution in [0.1, 0.15) is 86.7 Å². The van der Waals surface area contributed by atoms with E-state index in [1.54, 1.807) is 27.9 Å². The van der Waals surface area contributed by atoms with Crippen LogP contribution in [-0.2, 0) is 44.0 Å². The Labute approximate surface area is 475 Å². The molecule has 0 aromatic heterocycles. The minimum Gasteiger partial charge on any atom is -0.343 e. The summed E-state index contributed by atoms with van der Waals surface area (Å²) in [6.07, 6.45) is 2.35. The molecule has 9 rings (SSSR count). The van der Waals surface area contributed by atoms with Crippen molar-refractivity contribution in [3.63, 3.8) is 0 Å². The summed E-state index contributed by atoms with van der Waals surface area (Å²) < 4.78 is 62.3. The van der Waals surface area contributed by atoms with Gasteiger partial charge in [-0.1, -0.05) is 127 Å². The molecule has 0 radical (unpaired) electrons. The van der Waals surface area contributed by atoms with Crippen molar-refractivity contribution in [3.05, 3.63) is 168 Å². The molecular formula is C60H74N10O9S2. The summed E-state index contributed by atoms with van der Waals surface area (Å²) in [5.41, 5.74) is 3.79. The minimum absolute atomic E-state index is 0.0325. The Balaban J connectivity index is 0.953. The molecule has 21 heteroatoms. The van der Waals surface area contributed by atoms with E-state index in [1.807, 2.05) is 102 Å². The van der Waals surface area contributed by atoms with E-state index < -0.39 is 99.1 Å². The first-order chi connectivity index (χ1) is 39.0. The van der Waals surface area contributed by atoms with Crippen LogP contribution in [0.4, 0.5) is 0 Å². The SMILES string of the molecule is CN[C@@H](C)C(=O)N[C@H]1CN(S(=O)(=O)c2cccc(S(=O)(=O)N3CC[C@H]4CC[C@@H](C(=O)NC(c5ccccc5)c5ccccc5)N4C(=O)[C@@H](NC(=O)[C@H](C)NC)C3)c2)CC[C@H]2CCC(CNC(c3ccccc3)c3ccccc3)N2C1=O. The maximum Gasteiger partial charge on any atom is 0.247 e. The average molecular weight is 1140 g/mol. The first kappa shape index (κ1) is 58.8. The Hall–Kier alpha value is -6.85. The van der Waals surface area contributed by atoms with Gasteiger partial charge in [0.2, 0.25) is 49.6 Å². The molecule has 19 nitrogen and oxygen atoms in total. The lowest BCUT2D eigenvalue weighted by Gasteiger charge is -2.39. The number of fused-ring (bicyclic) bond motifs is 2. The van der Waals surface area contributed by atoms with Crippen molar-refractivity contribution >= 4 is 49.6 Å². The molecule has 0 bridgehead atoms. The minimum atomic E-state index is -4.59. The van der Waals surface area contributed by atoms with E-state index in [1.165, 1.54) is 23.1 Å². The van der Waals surface area contributed by atoms with Crippen molar-refractivity contribution in [1.29, 1.82) is 0 Å². The predicted molar refractivity (Wildman–Crippen MR) is 307 cm³/mol. The van der Waals surface area contributed by atoms with Gasteiger partial charge in [-0.25, -0.2) is 16.8 Å². The number of carbonyl (C=O) groups is 5. The highest BCUT2D eigenvalue weighted by Gasteiger charge is 2.48. The van der Waals surface area contributed by atoms with Crippen molar-refractivity contribution in [2.24, 2.45) is 0 Å². The molecule has 4 saturated heterocycles. The molecule has 4 aliphatic rings. The zero-order chi connectivity index (χ0) is 57.4. The zero-order valence-corrected chi connectivity index (χ0v) is 47.8. The van der Waals surface area contributed by atoms with Gasteiger partial charge in [0.1, 0.15) is 18.1 Å². The summed E-state index contributed by atoms with van der Waals surface area (Å²) in [7, 11) is -5.96. The lowest BCUT2D eigenvalue weighted by molar-refractivity contribution is -0.144. The normalized spacial score (nSPS) is 22.9. The quantitative estimate of drug-likeness (QED) is 0.0695. The highest BCUT2D eigenvalue weighted by Crippen LogP contribution is 2.35. The lowest BCUT2D eigenvalue weighted by atomic mass is 9.98. The topological polar surface area (TPSA) is 239 Å². The van der Waals surface area contributed by atoms with Crippen LogP contribution in [0, 0.1) is 0 Å². The van der Waals surface area contributed by atoms with Crippen molar-refractivity contribution < 1.29 is 40.8 Å². The van der Waals surface area contributed by atoms with E-state index in [4.69, 9.17) is 0 Å². The van der Waals surface area contributed by atoms with E-state index in [-0.39, 0.29) is 59.8 Å².